The number of allylic oxidation sites excluding steroid dienone is 8. The van der Waals surface area contributed by atoms with Gasteiger partial charge in [-0.05, 0) is 101 Å². The monoisotopic (exact) mass is 583 g/mol. The number of fused-ring (bicyclic) bond motifs is 5. The lowest BCUT2D eigenvalue weighted by Crippen LogP contribution is -2.19. The number of anilines is 3. The molecule has 2 unspecified atom stereocenters. The quantitative estimate of drug-likeness (QED) is 0.228. The predicted molar refractivity (Wildman–Crippen MR) is 189 cm³/mol. The Morgan fingerprint density at radius 3 is 2.53 bits per heavy atom. The van der Waals surface area contributed by atoms with Crippen molar-refractivity contribution in [3.63, 3.8) is 0 Å². The molecule has 220 valence electrons. The lowest BCUT2D eigenvalue weighted by molar-refractivity contribution is 0.560. The van der Waals surface area contributed by atoms with E-state index in [1.165, 1.54) is 61.7 Å². The van der Waals surface area contributed by atoms with E-state index in [0.29, 0.717) is 5.92 Å². The van der Waals surface area contributed by atoms with E-state index in [4.69, 9.17) is 4.99 Å². The SMILES string of the molecule is C/C=C\C=C1/CC2=CC3C/C=C\C(c4ccc5c(c4)Cc4ccccc4N5c4cccc(-c5ccccc5)c4)=C/C(C3)N=C2N1. The first-order valence-electron chi connectivity index (χ1n) is 16.1. The maximum Gasteiger partial charge on any atom is 0.129 e. The fourth-order valence-corrected chi connectivity index (χ4v) is 7.18. The van der Waals surface area contributed by atoms with Crippen LogP contribution < -0.4 is 10.2 Å². The summed E-state index contributed by atoms with van der Waals surface area (Å²) in [5, 5.41) is 3.60. The summed E-state index contributed by atoms with van der Waals surface area (Å²) in [6.07, 6.45) is 19.8. The van der Waals surface area contributed by atoms with E-state index in [0.717, 1.165) is 31.5 Å². The second-order valence-corrected chi connectivity index (χ2v) is 12.4. The molecular weight excluding hydrogens is 546 g/mol. The van der Waals surface area contributed by atoms with Gasteiger partial charge in [0.25, 0.3) is 0 Å². The highest BCUT2D eigenvalue weighted by atomic mass is 15.2. The standard InChI is InChI=1S/C42H37N3/c1-2-3-17-37-27-36-22-29-11-9-15-31(26-38(23-29)44-42(36)43-37)33-20-21-41-35(24-33)25-34-14-7-8-19-40(34)45(41)39-18-10-16-32(28-39)30-12-5-4-6-13-30/h2-10,12-22,24,26,28-29,38H,11,23,25,27H2,1H3,(H,43,44)/b3-2-,15-9-,31-26+,37-17+. The van der Waals surface area contributed by atoms with Crippen LogP contribution in [0.1, 0.15) is 42.9 Å². The van der Waals surface area contributed by atoms with Crippen molar-refractivity contribution in [2.45, 2.75) is 38.6 Å². The van der Waals surface area contributed by atoms with Crippen molar-refractivity contribution in [2.75, 3.05) is 4.90 Å². The van der Waals surface area contributed by atoms with Gasteiger partial charge >= 0.3 is 0 Å². The van der Waals surface area contributed by atoms with Crippen LogP contribution in [0.15, 0.2) is 156 Å². The van der Waals surface area contributed by atoms with Crippen LogP contribution in [0.3, 0.4) is 0 Å². The van der Waals surface area contributed by atoms with Gasteiger partial charge < -0.3 is 10.2 Å². The molecular formula is C42H37N3. The lowest BCUT2D eigenvalue weighted by atomic mass is 9.88. The molecule has 0 amide bonds. The first kappa shape index (κ1) is 27.4. The summed E-state index contributed by atoms with van der Waals surface area (Å²) in [6, 6.07) is 35.6. The number of para-hydroxylation sites is 1. The average Bonchev–Trinajstić information content (AvgIpc) is 3.35. The fourth-order valence-electron chi connectivity index (χ4n) is 7.18. The van der Waals surface area contributed by atoms with Gasteiger partial charge in [-0.25, -0.2) is 0 Å². The van der Waals surface area contributed by atoms with E-state index in [1.54, 1.807) is 0 Å². The van der Waals surface area contributed by atoms with Crippen LogP contribution in [0, 0.1) is 5.92 Å². The summed E-state index contributed by atoms with van der Waals surface area (Å²) >= 11 is 0. The van der Waals surface area contributed by atoms with Crippen LogP contribution in [-0.4, -0.2) is 11.9 Å². The largest absolute Gasteiger partial charge is 0.344 e. The zero-order chi connectivity index (χ0) is 30.2. The molecule has 2 atom stereocenters. The third-order valence-corrected chi connectivity index (χ3v) is 9.32. The number of nitrogens with zero attached hydrogens (tertiary/aromatic N) is 2. The number of hydrogen-bond donors (Lipinski definition) is 1. The lowest BCUT2D eigenvalue weighted by Gasteiger charge is -2.34. The minimum atomic E-state index is 0.140. The van der Waals surface area contributed by atoms with E-state index in [9.17, 15) is 0 Å². The molecule has 1 fully saturated rings. The highest BCUT2D eigenvalue weighted by Gasteiger charge is 2.28. The molecule has 0 saturated carbocycles. The van der Waals surface area contributed by atoms with Gasteiger partial charge in [0.1, 0.15) is 5.84 Å². The summed E-state index contributed by atoms with van der Waals surface area (Å²) in [4.78, 5) is 7.69. The molecule has 0 spiro atoms. The van der Waals surface area contributed by atoms with Gasteiger partial charge in [-0.3, -0.25) is 4.99 Å². The second-order valence-electron chi connectivity index (χ2n) is 12.4. The maximum atomic E-state index is 5.25. The first-order valence-corrected chi connectivity index (χ1v) is 16.1. The van der Waals surface area contributed by atoms with E-state index in [-0.39, 0.29) is 6.04 Å². The van der Waals surface area contributed by atoms with Gasteiger partial charge in [-0.15, -0.1) is 0 Å². The number of benzene rings is 4. The van der Waals surface area contributed by atoms with Crippen molar-refractivity contribution in [1.29, 1.82) is 0 Å². The van der Waals surface area contributed by atoms with Crippen LogP contribution >= 0.6 is 0 Å². The highest BCUT2D eigenvalue weighted by molar-refractivity contribution is 6.03. The Hall–Kier alpha value is -5.15. The van der Waals surface area contributed by atoms with Gasteiger partial charge in [0.05, 0.1) is 6.04 Å². The molecule has 45 heavy (non-hydrogen) atoms. The van der Waals surface area contributed by atoms with Crippen molar-refractivity contribution in [3.05, 3.63) is 168 Å². The Bertz CT molecular complexity index is 1950. The Balaban J connectivity index is 1.16. The van der Waals surface area contributed by atoms with Gasteiger partial charge in [-0.2, -0.15) is 0 Å². The second kappa shape index (κ2) is 11.7. The van der Waals surface area contributed by atoms with E-state index in [2.05, 4.69) is 157 Å². The molecule has 0 radical (unpaired) electrons. The normalized spacial score (nSPS) is 22.9. The Morgan fingerprint density at radius 1 is 0.778 bits per heavy atom. The molecule has 3 nitrogen and oxygen atoms in total. The molecule has 1 aliphatic carbocycles. The van der Waals surface area contributed by atoms with Gasteiger partial charge in [-0.1, -0.05) is 103 Å². The molecule has 0 aromatic heterocycles. The Kier molecular flexibility index (Phi) is 7.15. The van der Waals surface area contributed by atoms with Crippen molar-refractivity contribution < 1.29 is 0 Å². The fraction of sp³-hybridized carbons (Fsp3) is 0.167. The van der Waals surface area contributed by atoms with Gasteiger partial charge in [0, 0.05) is 35.6 Å². The zero-order valence-electron chi connectivity index (χ0n) is 25.7. The van der Waals surface area contributed by atoms with E-state index < -0.39 is 0 Å². The molecule has 3 heterocycles. The minimum absolute atomic E-state index is 0.140. The summed E-state index contributed by atoms with van der Waals surface area (Å²) < 4.78 is 0. The molecule has 4 aromatic carbocycles. The highest BCUT2D eigenvalue weighted by Crippen LogP contribution is 2.45. The predicted octanol–water partition coefficient (Wildman–Crippen LogP) is 10.2. The van der Waals surface area contributed by atoms with Crippen LogP contribution in [0.5, 0.6) is 0 Å². The number of hydrogen-bond acceptors (Lipinski definition) is 3. The topological polar surface area (TPSA) is 27.6 Å². The van der Waals surface area contributed by atoms with Gasteiger partial charge in [0.2, 0.25) is 0 Å². The Labute approximate surface area is 266 Å². The van der Waals surface area contributed by atoms with Crippen LogP contribution in [0.25, 0.3) is 16.7 Å². The minimum Gasteiger partial charge on any atom is -0.344 e. The Morgan fingerprint density at radius 2 is 1.62 bits per heavy atom. The van der Waals surface area contributed by atoms with Crippen LogP contribution in [0.4, 0.5) is 17.1 Å². The number of rotatable bonds is 4. The van der Waals surface area contributed by atoms with Crippen LogP contribution in [-0.2, 0) is 6.42 Å². The molecule has 8 rings (SSSR count). The summed E-state index contributed by atoms with van der Waals surface area (Å²) in [5.74, 6) is 1.55. The van der Waals surface area contributed by atoms with Crippen LogP contribution in [0.2, 0.25) is 0 Å². The molecule has 1 saturated heterocycles. The van der Waals surface area contributed by atoms with Crippen molar-refractivity contribution in [3.8, 4) is 11.1 Å². The zero-order valence-corrected chi connectivity index (χ0v) is 25.7. The molecule has 3 aliphatic heterocycles. The molecule has 4 aliphatic rings. The number of aliphatic imine (C=N–C) groups is 1. The van der Waals surface area contributed by atoms with Crippen molar-refractivity contribution in [1.82, 2.24) is 5.32 Å². The first-order chi connectivity index (χ1) is 22.2. The number of amidine groups is 1. The van der Waals surface area contributed by atoms with Crippen molar-refractivity contribution >= 4 is 28.5 Å². The van der Waals surface area contributed by atoms with E-state index in [1.807, 2.05) is 0 Å². The molecule has 3 heteroatoms. The third-order valence-electron chi connectivity index (χ3n) is 9.32. The summed E-state index contributed by atoms with van der Waals surface area (Å²) in [6.45, 7) is 2.05. The summed E-state index contributed by atoms with van der Waals surface area (Å²) in [7, 11) is 0. The number of nitrogens with one attached hydrogen (secondary N) is 1. The molecule has 1 N–H and O–H groups in total. The molecule has 4 aromatic rings. The van der Waals surface area contributed by atoms with E-state index >= 15 is 0 Å². The average molecular weight is 584 g/mol. The smallest absolute Gasteiger partial charge is 0.129 e. The maximum absolute atomic E-state index is 5.25. The van der Waals surface area contributed by atoms with Gasteiger partial charge in [0.15, 0.2) is 0 Å². The third kappa shape index (κ3) is 5.40. The van der Waals surface area contributed by atoms with Crippen molar-refractivity contribution in [2.24, 2.45) is 10.9 Å². The molecule has 2 bridgehead atoms. The summed E-state index contributed by atoms with van der Waals surface area (Å²) in [5.41, 5.74) is 13.9.